The number of nitrogens with two attached hydrogens (primary N) is 1. The summed E-state index contributed by atoms with van der Waals surface area (Å²) < 4.78 is 5.14. The Bertz CT molecular complexity index is 273. The molecule has 100 valence electrons. The zero-order valence-electron chi connectivity index (χ0n) is 10.9. The van der Waals surface area contributed by atoms with Gasteiger partial charge < -0.3 is 15.6 Å². The van der Waals surface area contributed by atoms with Gasteiger partial charge in [-0.3, -0.25) is 14.5 Å². The van der Waals surface area contributed by atoms with Gasteiger partial charge in [0, 0.05) is 6.54 Å². The van der Waals surface area contributed by atoms with E-state index in [9.17, 15) is 9.59 Å². The second-order valence-electron chi connectivity index (χ2n) is 4.86. The lowest BCUT2D eigenvalue weighted by atomic mass is 10.2. The van der Waals surface area contributed by atoms with Crippen LogP contribution < -0.4 is 5.73 Å². The predicted molar refractivity (Wildman–Crippen MR) is 63.6 cm³/mol. The molecule has 1 unspecified atom stereocenters. The van der Waals surface area contributed by atoms with Crippen molar-refractivity contribution in [1.29, 1.82) is 0 Å². The summed E-state index contributed by atoms with van der Waals surface area (Å²) in [6, 6.07) is -0.989. The number of carboxylic acids is 1. The highest BCUT2D eigenvalue weighted by Crippen LogP contribution is 2.07. The molecule has 0 aliphatic carbocycles. The van der Waals surface area contributed by atoms with Crippen LogP contribution in [0.3, 0.4) is 0 Å². The molecular weight excluding hydrogens is 224 g/mol. The molecule has 0 aromatic heterocycles. The van der Waals surface area contributed by atoms with Gasteiger partial charge in [0.2, 0.25) is 0 Å². The van der Waals surface area contributed by atoms with E-state index in [2.05, 4.69) is 0 Å². The fraction of sp³-hybridized carbons (Fsp3) is 0.818. The van der Waals surface area contributed by atoms with E-state index in [1.54, 1.807) is 25.7 Å². The second-order valence-corrected chi connectivity index (χ2v) is 4.86. The highest BCUT2D eigenvalue weighted by atomic mass is 16.6. The maximum atomic E-state index is 11.5. The van der Waals surface area contributed by atoms with E-state index in [4.69, 9.17) is 15.6 Å². The fourth-order valence-corrected chi connectivity index (χ4v) is 1.22. The Balaban J connectivity index is 4.22. The maximum Gasteiger partial charge on any atom is 0.321 e. The molecule has 0 aromatic rings. The number of carbonyl (C=O) groups excluding carboxylic acids is 1. The van der Waals surface area contributed by atoms with E-state index in [1.165, 1.54) is 0 Å². The van der Waals surface area contributed by atoms with Crippen molar-refractivity contribution in [1.82, 2.24) is 4.90 Å². The number of carboxylic acid groups (broad SMARTS) is 1. The smallest absolute Gasteiger partial charge is 0.321 e. The fourth-order valence-electron chi connectivity index (χ4n) is 1.22. The number of hydrogen-bond donors (Lipinski definition) is 2. The van der Waals surface area contributed by atoms with Crippen LogP contribution in [-0.2, 0) is 14.3 Å². The molecule has 3 N–H and O–H groups in total. The molecule has 17 heavy (non-hydrogen) atoms. The van der Waals surface area contributed by atoms with Crippen LogP contribution in [0.5, 0.6) is 0 Å². The molecule has 0 rings (SSSR count). The Morgan fingerprint density at radius 1 is 1.41 bits per heavy atom. The number of aliphatic carboxylic acids is 1. The van der Waals surface area contributed by atoms with E-state index < -0.39 is 17.6 Å². The van der Waals surface area contributed by atoms with E-state index in [-0.39, 0.29) is 19.1 Å². The van der Waals surface area contributed by atoms with Crippen molar-refractivity contribution < 1.29 is 19.4 Å². The van der Waals surface area contributed by atoms with Gasteiger partial charge in [-0.25, -0.2) is 0 Å². The second kappa shape index (κ2) is 6.56. The number of carbonyl (C=O) groups is 2. The molecule has 0 bridgehead atoms. The van der Waals surface area contributed by atoms with Gasteiger partial charge >= 0.3 is 11.9 Å². The van der Waals surface area contributed by atoms with E-state index in [0.717, 1.165) is 0 Å². The standard InChI is InChI=1S/C11H22N2O4/c1-5-13(6-8(12)10(15)16)7-9(14)17-11(2,3)4/h8H,5-7,12H2,1-4H3,(H,15,16). The summed E-state index contributed by atoms with van der Waals surface area (Å²) in [6.45, 7) is 7.90. The lowest BCUT2D eigenvalue weighted by Crippen LogP contribution is -2.45. The van der Waals surface area contributed by atoms with Gasteiger partial charge in [0.25, 0.3) is 0 Å². The van der Waals surface area contributed by atoms with Crippen LogP contribution in [0.4, 0.5) is 0 Å². The molecule has 0 aromatic carbocycles. The van der Waals surface area contributed by atoms with Crippen molar-refractivity contribution >= 4 is 11.9 Å². The van der Waals surface area contributed by atoms with Gasteiger partial charge in [0.05, 0.1) is 6.54 Å². The summed E-state index contributed by atoms with van der Waals surface area (Å²) in [5.74, 6) is -1.45. The average molecular weight is 246 g/mol. The predicted octanol–water partition coefficient (Wildman–Crippen LogP) is 0.0619. The van der Waals surface area contributed by atoms with Crippen LogP contribution in [-0.4, -0.2) is 53.2 Å². The van der Waals surface area contributed by atoms with E-state index >= 15 is 0 Å². The van der Waals surface area contributed by atoms with Crippen molar-refractivity contribution in [2.45, 2.75) is 39.3 Å². The molecule has 0 fully saturated rings. The van der Waals surface area contributed by atoms with E-state index in [1.807, 2.05) is 6.92 Å². The van der Waals surface area contributed by atoms with Gasteiger partial charge in [-0.05, 0) is 27.3 Å². The zero-order chi connectivity index (χ0) is 13.6. The van der Waals surface area contributed by atoms with Gasteiger partial charge in [-0.15, -0.1) is 0 Å². The molecule has 0 aliphatic rings. The van der Waals surface area contributed by atoms with Gasteiger partial charge in [0.1, 0.15) is 11.6 Å². The minimum absolute atomic E-state index is 0.0503. The van der Waals surface area contributed by atoms with Crippen molar-refractivity contribution in [3.05, 3.63) is 0 Å². The minimum atomic E-state index is -1.08. The normalized spacial score (nSPS) is 13.5. The third kappa shape index (κ3) is 7.70. The number of ether oxygens (including phenoxy) is 1. The Labute approximate surface area is 102 Å². The van der Waals surface area contributed by atoms with E-state index in [0.29, 0.717) is 6.54 Å². The highest BCUT2D eigenvalue weighted by molar-refractivity contribution is 5.74. The molecular formula is C11H22N2O4. The Hall–Kier alpha value is -1.14. The van der Waals surface area contributed by atoms with Crippen molar-refractivity contribution in [3.63, 3.8) is 0 Å². The summed E-state index contributed by atoms with van der Waals surface area (Å²) in [6.07, 6.45) is 0. The van der Waals surface area contributed by atoms with Crippen LogP contribution in [0.2, 0.25) is 0 Å². The molecule has 0 saturated carbocycles. The van der Waals surface area contributed by atoms with Crippen molar-refractivity contribution in [2.75, 3.05) is 19.6 Å². The average Bonchev–Trinajstić information content (AvgIpc) is 2.13. The lowest BCUT2D eigenvalue weighted by molar-refractivity contribution is -0.156. The Morgan fingerprint density at radius 3 is 2.29 bits per heavy atom. The molecule has 0 aliphatic heterocycles. The Morgan fingerprint density at radius 2 is 1.94 bits per heavy atom. The van der Waals surface area contributed by atoms with Crippen LogP contribution in [0.15, 0.2) is 0 Å². The van der Waals surface area contributed by atoms with Crippen LogP contribution in [0.1, 0.15) is 27.7 Å². The SMILES string of the molecule is CCN(CC(=O)OC(C)(C)C)CC(N)C(=O)O. The van der Waals surface area contributed by atoms with Crippen molar-refractivity contribution in [3.8, 4) is 0 Å². The third-order valence-corrected chi connectivity index (χ3v) is 1.99. The number of hydrogen-bond acceptors (Lipinski definition) is 5. The molecule has 0 radical (unpaired) electrons. The lowest BCUT2D eigenvalue weighted by Gasteiger charge is -2.24. The third-order valence-electron chi connectivity index (χ3n) is 1.99. The van der Waals surface area contributed by atoms with Crippen molar-refractivity contribution in [2.24, 2.45) is 5.73 Å². The summed E-state index contributed by atoms with van der Waals surface area (Å²) in [5, 5.41) is 8.68. The number of likely N-dealkylation sites (N-methyl/N-ethyl adjacent to an activating group) is 1. The summed E-state index contributed by atoms with van der Waals surface area (Å²) in [5.41, 5.74) is 4.87. The zero-order valence-corrected chi connectivity index (χ0v) is 10.9. The van der Waals surface area contributed by atoms with Crippen LogP contribution in [0.25, 0.3) is 0 Å². The molecule has 0 saturated heterocycles. The highest BCUT2D eigenvalue weighted by Gasteiger charge is 2.21. The topological polar surface area (TPSA) is 92.9 Å². The number of esters is 1. The van der Waals surface area contributed by atoms with Crippen LogP contribution in [0, 0.1) is 0 Å². The summed E-state index contributed by atoms with van der Waals surface area (Å²) >= 11 is 0. The monoisotopic (exact) mass is 246 g/mol. The molecule has 1 atom stereocenters. The first-order valence-electron chi connectivity index (χ1n) is 5.58. The maximum absolute atomic E-state index is 11.5. The van der Waals surface area contributed by atoms with Gasteiger partial charge in [-0.2, -0.15) is 0 Å². The first-order valence-corrected chi connectivity index (χ1v) is 5.58. The molecule has 6 nitrogen and oxygen atoms in total. The number of nitrogens with zero attached hydrogens (tertiary/aromatic N) is 1. The first kappa shape index (κ1) is 15.9. The van der Waals surface area contributed by atoms with Crippen LogP contribution >= 0.6 is 0 Å². The van der Waals surface area contributed by atoms with Gasteiger partial charge in [-0.1, -0.05) is 6.92 Å². The molecule has 6 heteroatoms. The summed E-state index contributed by atoms with van der Waals surface area (Å²) in [7, 11) is 0. The molecule has 0 amide bonds. The Kier molecular flexibility index (Phi) is 6.12. The largest absolute Gasteiger partial charge is 0.480 e. The van der Waals surface area contributed by atoms with Gasteiger partial charge in [0.15, 0.2) is 0 Å². The summed E-state index contributed by atoms with van der Waals surface area (Å²) in [4.78, 5) is 23.8. The first-order chi connectivity index (χ1) is 7.65. The minimum Gasteiger partial charge on any atom is -0.480 e. The molecule has 0 spiro atoms. The number of rotatable bonds is 6. The quantitative estimate of drug-likeness (QED) is 0.644. The molecule has 0 heterocycles.